The standard InChI is InChI=1S/C32H44N8O2/c1-21-11-12-23(16-29(21)40-20-28(35-36-40)26-18-33-39(9)22(26)2)31(41)34-27-17-25(32(3,4)5)15-24(30(27)42-10)19-38(8)14-13-37(6)7/h11-12,15-18,20H,13-14,19H2,1-10H3,(H,34,41). The van der Waals surface area contributed by atoms with Crippen molar-refractivity contribution in [3.63, 3.8) is 0 Å². The third-order valence-electron chi connectivity index (χ3n) is 7.58. The molecule has 1 N–H and O–H groups in total. The van der Waals surface area contributed by atoms with Crippen LogP contribution in [-0.4, -0.2) is 81.8 Å². The normalized spacial score (nSPS) is 11.9. The molecule has 2 aromatic carbocycles. The van der Waals surface area contributed by atoms with E-state index in [1.807, 2.05) is 51.4 Å². The summed E-state index contributed by atoms with van der Waals surface area (Å²) in [6.07, 6.45) is 3.65. The fraction of sp³-hybridized carbons (Fsp3) is 0.438. The first-order valence-electron chi connectivity index (χ1n) is 14.2. The van der Waals surface area contributed by atoms with Crippen LogP contribution in [0.2, 0.25) is 0 Å². The summed E-state index contributed by atoms with van der Waals surface area (Å²) in [7, 11) is 9.80. The second-order valence-electron chi connectivity index (χ2n) is 12.3. The second-order valence-corrected chi connectivity index (χ2v) is 12.3. The number of likely N-dealkylation sites (N-methyl/N-ethyl adjacent to an activating group) is 2. The molecular weight excluding hydrogens is 528 g/mol. The van der Waals surface area contributed by atoms with Gasteiger partial charge >= 0.3 is 0 Å². The van der Waals surface area contributed by atoms with E-state index in [4.69, 9.17) is 4.74 Å². The van der Waals surface area contributed by atoms with E-state index in [0.29, 0.717) is 23.5 Å². The summed E-state index contributed by atoms with van der Waals surface area (Å²) in [5.41, 5.74) is 7.61. The fourth-order valence-electron chi connectivity index (χ4n) is 4.76. The maximum absolute atomic E-state index is 13.7. The molecule has 2 heterocycles. The largest absolute Gasteiger partial charge is 0.494 e. The van der Waals surface area contributed by atoms with E-state index in [-0.39, 0.29) is 11.3 Å². The summed E-state index contributed by atoms with van der Waals surface area (Å²) in [5.74, 6) is 0.448. The number of hydrogen-bond donors (Lipinski definition) is 1. The topological polar surface area (TPSA) is 93.3 Å². The molecule has 0 fully saturated rings. The van der Waals surface area contributed by atoms with Gasteiger partial charge in [-0.2, -0.15) is 5.10 Å². The fourth-order valence-corrected chi connectivity index (χ4v) is 4.76. The monoisotopic (exact) mass is 572 g/mol. The van der Waals surface area contributed by atoms with Gasteiger partial charge in [0, 0.05) is 49.1 Å². The first-order chi connectivity index (χ1) is 19.8. The van der Waals surface area contributed by atoms with Gasteiger partial charge in [-0.25, -0.2) is 4.68 Å². The molecule has 0 unspecified atom stereocenters. The molecule has 0 atom stereocenters. The average molecular weight is 573 g/mol. The van der Waals surface area contributed by atoms with Crippen LogP contribution in [0.5, 0.6) is 5.75 Å². The van der Waals surface area contributed by atoms with E-state index in [1.54, 1.807) is 22.7 Å². The molecule has 42 heavy (non-hydrogen) atoms. The Morgan fingerprint density at radius 2 is 1.81 bits per heavy atom. The number of benzene rings is 2. The van der Waals surface area contributed by atoms with Crippen molar-refractivity contribution in [3.05, 3.63) is 70.7 Å². The van der Waals surface area contributed by atoms with Crippen LogP contribution in [0.15, 0.2) is 42.7 Å². The number of nitrogens with zero attached hydrogens (tertiary/aromatic N) is 7. The number of carbonyl (C=O) groups excluding carboxylic acids is 1. The van der Waals surface area contributed by atoms with Crippen molar-refractivity contribution in [3.8, 4) is 22.7 Å². The summed E-state index contributed by atoms with van der Waals surface area (Å²) < 4.78 is 9.41. The lowest BCUT2D eigenvalue weighted by molar-refractivity contribution is 0.102. The van der Waals surface area contributed by atoms with Crippen LogP contribution < -0.4 is 10.1 Å². The number of carbonyl (C=O) groups is 1. The zero-order chi connectivity index (χ0) is 30.8. The van der Waals surface area contributed by atoms with Gasteiger partial charge < -0.3 is 19.9 Å². The van der Waals surface area contributed by atoms with Gasteiger partial charge in [0.05, 0.1) is 30.9 Å². The van der Waals surface area contributed by atoms with Crippen LogP contribution in [0, 0.1) is 13.8 Å². The molecule has 10 nitrogen and oxygen atoms in total. The summed E-state index contributed by atoms with van der Waals surface area (Å²) in [4.78, 5) is 18.1. The van der Waals surface area contributed by atoms with Crippen molar-refractivity contribution < 1.29 is 9.53 Å². The summed E-state index contributed by atoms with van der Waals surface area (Å²) in [6.45, 7) is 13.1. The number of aromatic nitrogens is 5. The zero-order valence-corrected chi connectivity index (χ0v) is 26.6. The van der Waals surface area contributed by atoms with E-state index in [9.17, 15) is 4.79 Å². The SMILES string of the molecule is COc1c(CN(C)CCN(C)C)cc(C(C)(C)C)cc1NC(=O)c1ccc(C)c(-n2cc(-c3cnn(C)c3C)nn2)c1. The molecule has 1 amide bonds. The molecule has 4 aromatic rings. The molecular formula is C32H44N8O2. The molecule has 0 spiro atoms. The highest BCUT2D eigenvalue weighted by molar-refractivity contribution is 6.05. The highest BCUT2D eigenvalue weighted by atomic mass is 16.5. The number of ether oxygens (including phenoxy) is 1. The predicted molar refractivity (Wildman–Crippen MR) is 168 cm³/mol. The molecule has 0 saturated carbocycles. The maximum atomic E-state index is 13.7. The molecule has 0 radical (unpaired) electrons. The van der Waals surface area contributed by atoms with Crippen LogP contribution in [0.3, 0.4) is 0 Å². The Morgan fingerprint density at radius 3 is 2.43 bits per heavy atom. The summed E-state index contributed by atoms with van der Waals surface area (Å²) >= 11 is 0. The van der Waals surface area contributed by atoms with Crippen molar-refractivity contribution in [1.82, 2.24) is 34.6 Å². The predicted octanol–water partition coefficient (Wildman–Crippen LogP) is 4.84. The Hall–Kier alpha value is -4.02. The van der Waals surface area contributed by atoms with Crippen LogP contribution >= 0.6 is 0 Å². The van der Waals surface area contributed by atoms with E-state index < -0.39 is 0 Å². The lowest BCUT2D eigenvalue weighted by atomic mass is 9.85. The number of amides is 1. The lowest BCUT2D eigenvalue weighted by Gasteiger charge is -2.26. The maximum Gasteiger partial charge on any atom is 0.255 e. The van der Waals surface area contributed by atoms with Gasteiger partial charge in [0.15, 0.2) is 0 Å². The summed E-state index contributed by atoms with van der Waals surface area (Å²) in [6, 6.07) is 9.81. The van der Waals surface area contributed by atoms with E-state index in [0.717, 1.165) is 52.4 Å². The molecule has 224 valence electrons. The zero-order valence-electron chi connectivity index (χ0n) is 26.6. The Bertz CT molecular complexity index is 1560. The number of hydrogen-bond acceptors (Lipinski definition) is 7. The van der Waals surface area contributed by atoms with E-state index in [2.05, 4.69) is 78.5 Å². The smallest absolute Gasteiger partial charge is 0.255 e. The van der Waals surface area contributed by atoms with E-state index >= 15 is 0 Å². The van der Waals surface area contributed by atoms with Crippen molar-refractivity contribution in [1.29, 1.82) is 0 Å². The number of aryl methyl sites for hydroxylation is 2. The van der Waals surface area contributed by atoms with E-state index in [1.165, 1.54) is 0 Å². The summed E-state index contributed by atoms with van der Waals surface area (Å²) in [5, 5.41) is 16.2. The number of anilines is 1. The molecule has 4 rings (SSSR count). The van der Waals surface area contributed by atoms with Gasteiger partial charge in [-0.15, -0.1) is 5.10 Å². The average Bonchev–Trinajstić information content (AvgIpc) is 3.53. The minimum Gasteiger partial charge on any atom is -0.494 e. The highest BCUT2D eigenvalue weighted by Gasteiger charge is 2.22. The molecule has 0 aliphatic heterocycles. The third-order valence-corrected chi connectivity index (χ3v) is 7.58. The van der Waals surface area contributed by atoms with Crippen LogP contribution in [0.25, 0.3) is 16.9 Å². The van der Waals surface area contributed by atoms with Crippen LogP contribution in [0.1, 0.15) is 53.5 Å². The molecule has 0 saturated heterocycles. The first kappa shape index (κ1) is 30.9. The van der Waals surface area contributed by atoms with Crippen molar-refractivity contribution >= 4 is 11.6 Å². The second kappa shape index (κ2) is 12.5. The molecule has 2 aromatic heterocycles. The number of methoxy groups -OCH3 is 1. The Labute approximate surface area is 249 Å². The van der Waals surface area contributed by atoms with Crippen molar-refractivity contribution in [2.24, 2.45) is 7.05 Å². The van der Waals surface area contributed by atoms with Gasteiger partial charge in [-0.3, -0.25) is 9.48 Å². The van der Waals surface area contributed by atoms with Crippen LogP contribution in [-0.2, 0) is 19.0 Å². The van der Waals surface area contributed by atoms with Crippen molar-refractivity contribution in [2.45, 2.75) is 46.6 Å². The first-order valence-corrected chi connectivity index (χ1v) is 14.2. The highest BCUT2D eigenvalue weighted by Crippen LogP contribution is 2.36. The lowest BCUT2D eigenvalue weighted by Crippen LogP contribution is -2.28. The minimum absolute atomic E-state index is 0.114. The van der Waals surface area contributed by atoms with Crippen LogP contribution in [0.4, 0.5) is 5.69 Å². The van der Waals surface area contributed by atoms with Gasteiger partial charge in [0.25, 0.3) is 5.91 Å². The van der Waals surface area contributed by atoms with Gasteiger partial charge in [-0.05, 0) is 69.7 Å². The third kappa shape index (κ3) is 6.88. The molecule has 0 aliphatic carbocycles. The number of nitrogens with one attached hydrogen (secondary N) is 1. The Balaban J connectivity index is 1.65. The van der Waals surface area contributed by atoms with Gasteiger partial charge in [0.1, 0.15) is 11.4 Å². The van der Waals surface area contributed by atoms with Gasteiger partial charge in [-0.1, -0.05) is 38.1 Å². The Kier molecular flexibility index (Phi) is 9.18. The molecule has 0 aliphatic rings. The number of rotatable bonds is 10. The quantitative estimate of drug-likeness (QED) is 0.291. The molecule has 0 bridgehead atoms. The van der Waals surface area contributed by atoms with Gasteiger partial charge in [0.2, 0.25) is 0 Å². The minimum atomic E-state index is -0.226. The Morgan fingerprint density at radius 1 is 1.07 bits per heavy atom. The molecule has 10 heteroatoms. The van der Waals surface area contributed by atoms with Crippen molar-refractivity contribution in [2.75, 3.05) is 46.7 Å².